The van der Waals surface area contributed by atoms with Gasteiger partial charge in [-0.25, -0.2) is 0 Å². The fraction of sp³-hybridized carbons (Fsp3) is 0.350. The molecule has 2 heterocycles. The number of nitrogens with one attached hydrogen (secondary N) is 1. The van der Waals surface area contributed by atoms with E-state index in [-0.39, 0.29) is 0 Å². The van der Waals surface area contributed by atoms with Crippen molar-refractivity contribution in [1.29, 1.82) is 0 Å². The van der Waals surface area contributed by atoms with Crippen molar-refractivity contribution in [3.63, 3.8) is 0 Å². The van der Waals surface area contributed by atoms with Crippen molar-refractivity contribution in [2.75, 3.05) is 0 Å². The summed E-state index contributed by atoms with van der Waals surface area (Å²) in [7, 11) is 0. The number of fused-ring (bicyclic) bond motifs is 1. The summed E-state index contributed by atoms with van der Waals surface area (Å²) in [5.74, 6) is 1.12. The van der Waals surface area contributed by atoms with Gasteiger partial charge in [0.15, 0.2) is 0 Å². The van der Waals surface area contributed by atoms with Crippen LogP contribution in [0.1, 0.15) is 42.5 Å². The van der Waals surface area contributed by atoms with Crippen LogP contribution in [0.4, 0.5) is 0 Å². The van der Waals surface area contributed by atoms with Crippen LogP contribution < -0.4 is 5.32 Å². The van der Waals surface area contributed by atoms with E-state index < -0.39 is 0 Å². The summed E-state index contributed by atoms with van der Waals surface area (Å²) in [6.45, 7) is 5.82. The molecule has 3 rings (SSSR count). The molecule has 0 bridgehead atoms. The predicted octanol–water partition coefficient (Wildman–Crippen LogP) is 4.77. The molecule has 0 aliphatic rings. The van der Waals surface area contributed by atoms with Crippen molar-refractivity contribution in [3.8, 4) is 0 Å². The zero-order valence-electron chi connectivity index (χ0n) is 13.9. The second kappa shape index (κ2) is 7.42. The van der Waals surface area contributed by atoms with Gasteiger partial charge in [-0.15, -0.1) is 0 Å². The Balaban J connectivity index is 1.75. The van der Waals surface area contributed by atoms with Gasteiger partial charge in [0.2, 0.25) is 0 Å². The van der Waals surface area contributed by atoms with Crippen LogP contribution in [0.15, 0.2) is 46.9 Å². The van der Waals surface area contributed by atoms with E-state index in [1.165, 1.54) is 17.4 Å². The Hall–Kier alpha value is -2.13. The minimum absolute atomic E-state index is 0.772. The monoisotopic (exact) mass is 308 g/mol. The first-order valence-electron chi connectivity index (χ1n) is 8.40. The Bertz CT molecular complexity index is 776. The number of hydrogen-bond donors (Lipinski definition) is 1. The van der Waals surface area contributed by atoms with Crippen LogP contribution in [-0.2, 0) is 19.5 Å². The Labute approximate surface area is 137 Å². The van der Waals surface area contributed by atoms with Gasteiger partial charge in [-0.3, -0.25) is 4.98 Å². The molecule has 3 heteroatoms. The molecule has 0 saturated heterocycles. The number of para-hydroxylation sites is 1. The number of furan rings is 1. The molecule has 0 atom stereocenters. The van der Waals surface area contributed by atoms with Crippen LogP contribution in [-0.4, -0.2) is 4.98 Å². The van der Waals surface area contributed by atoms with Crippen molar-refractivity contribution >= 4 is 11.0 Å². The lowest BCUT2D eigenvalue weighted by atomic mass is 10.1. The largest absolute Gasteiger partial charge is 0.461 e. The van der Waals surface area contributed by atoms with Gasteiger partial charge in [-0.05, 0) is 31.5 Å². The molecule has 0 radical (unpaired) electrons. The summed E-state index contributed by atoms with van der Waals surface area (Å²) in [6.07, 6.45) is 3.34. The summed E-state index contributed by atoms with van der Waals surface area (Å²) in [5.41, 5.74) is 4.42. The topological polar surface area (TPSA) is 38.1 Å². The van der Waals surface area contributed by atoms with Crippen LogP contribution in [0, 0.1) is 6.92 Å². The van der Waals surface area contributed by atoms with E-state index in [0.717, 1.165) is 48.7 Å². The van der Waals surface area contributed by atoms with E-state index in [4.69, 9.17) is 4.42 Å². The minimum Gasteiger partial charge on any atom is -0.461 e. The predicted molar refractivity (Wildman–Crippen MR) is 94.3 cm³/mol. The van der Waals surface area contributed by atoms with Gasteiger partial charge in [0, 0.05) is 36.2 Å². The number of nitrogens with zero attached hydrogens (tertiary/aromatic N) is 1. The van der Waals surface area contributed by atoms with Gasteiger partial charge < -0.3 is 9.73 Å². The molecular weight excluding hydrogens is 284 g/mol. The highest BCUT2D eigenvalue weighted by Crippen LogP contribution is 2.27. The SMILES string of the molecule is CCCCc1oc2ccccc2c1CNCc1cccc(C)n1. The number of aryl methyl sites for hydroxylation is 2. The molecule has 120 valence electrons. The maximum atomic E-state index is 6.07. The van der Waals surface area contributed by atoms with Crippen LogP contribution >= 0.6 is 0 Å². The highest BCUT2D eigenvalue weighted by atomic mass is 16.3. The summed E-state index contributed by atoms with van der Waals surface area (Å²) in [4.78, 5) is 4.54. The molecule has 0 spiro atoms. The Morgan fingerprint density at radius 1 is 1.04 bits per heavy atom. The highest BCUT2D eigenvalue weighted by Gasteiger charge is 2.13. The lowest BCUT2D eigenvalue weighted by Gasteiger charge is -2.06. The van der Waals surface area contributed by atoms with E-state index in [2.05, 4.69) is 47.6 Å². The second-order valence-corrected chi connectivity index (χ2v) is 5.98. The van der Waals surface area contributed by atoms with E-state index in [9.17, 15) is 0 Å². The number of pyridine rings is 1. The quantitative estimate of drug-likeness (QED) is 0.683. The molecule has 0 aliphatic carbocycles. The minimum atomic E-state index is 0.772. The summed E-state index contributed by atoms with van der Waals surface area (Å²) in [6, 6.07) is 14.4. The van der Waals surface area contributed by atoms with Gasteiger partial charge in [-0.2, -0.15) is 0 Å². The zero-order chi connectivity index (χ0) is 16.1. The van der Waals surface area contributed by atoms with Crippen molar-refractivity contribution in [2.45, 2.75) is 46.2 Å². The number of rotatable bonds is 7. The van der Waals surface area contributed by atoms with Gasteiger partial charge in [0.25, 0.3) is 0 Å². The van der Waals surface area contributed by atoms with Crippen LogP contribution in [0.3, 0.4) is 0 Å². The van der Waals surface area contributed by atoms with Crippen molar-refractivity contribution in [1.82, 2.24) is 10.3 Å². The molecule has 0 saturated carbocycles. The van der Waals surface area contributed by atoms with Crippen LogP contribution in [0.2, 0.25) is 0 Å². The third-order valence-corrected chi connectivity index (χ3v) is 4.09. The molecule has 0 unspecified atom stereocenters. The van der Waals surface area contributed by atoms with E-state index in [0.29, 0.717) is 0 Å². The number of unbranched alkanes of at least 4 members (excludes halogenated alkanes) is 1. The third kappa shape index (κ3) is 3.80. The van der Waals surface area contributed by atoms with Crippen molar-refractivity contribution in [3.05, 3.63) is 65.2 Å². The van der Waals surface area contributed by atoms with E-state index in [1.54, 1.807) is 0 Å². The first kappa shape index (κ1) is 15.8. The second-order valence-electron chi connectivity index (χ2n) is 5.98. The van der Waals surface area contributed by atoms with Crippen LogP contribution in [0.25, 0.3) is 11.0 Å². The smallest absolute Gasteiger partial charge is 0.134 e. The molecule has 0 fully saturated rings. The van der Waals surface area contributed by atoms with Gasteiger partial charge in [0.05, 0.1) is 5.69 Å². The maximum absolute atomic E-state index is 6.07. The summed E-state index contributed by atoms with van der Waals surface area (Å²) in [5, 5.41) is 4.74. The molecule has 0 amide bonds. The molecule has 23 heavy (non-hydrogen) atoms. The lowest BCUT2D eigenvalue weighted by molar-refractivity contribution is 0.524. The molecule has 0 aliphatic heterocycles. The Morgan fingerprint density at radius 3 is 2.74 bits per heavy atom. The fourth-order valence-electron chi connectivity index (χ4n) is 2.90. The zero-order valence-corrected chi connectivity index (χ0v) is 13.9. The average Bonchev–Trinajstić information content (AvgIpc) is 2.91. The van der Waals surface area contributed by atoms with Gasteiger partial charge in [0.1, 0.15) is 11.3 Å². The molecule has 1 N–H and O–H groups in total. The highest BCUT2D eigenvalue weighted by molar-refractivity contribution is 5.82. The molecular formula is C20H24N2O. The fourth-order valence-corrected chi connectivity index (χ4v) is 2.90. The number of benzene rings is 1. The average molecular weight is 308 g/mol. The Kier molecular flexibility index (Phi) is 5.09. The van der Waals surface area contributed by atoms with Crippen molar-refractivity contribution in [2.24, 2.45) is 0 Å². The van der Waals surface area contributed by atoms with Gasteiger partial charge in [-0.1, -0.05) is 37.6 Å². The van der Waals surface area contributed by atoms with Crippen LogP contribution in [0.5, 0.6) is 0 Å². The Morgan fingerprint density at radius 2 is 1.91 bits per heavy atom. The summed E-state index contributed by atoms with van der Waals surface area (Å²) < 4.78 is 6.07. The lowest BCUT2D eigenvalue weighted by Crippen LogP contribution is -2.14. The third-order valence-electron chi connectivity index (χ3n) is 4.09. The van der Waals surface area contributed by atoms with Crippen molar-refractivity contribution < 1.29 is 4.42 Å². The molecule has 1 aromatic carbocycles. The van der Waals surface area contributed by atoms with E-state index >= 15 is 0 Å². The maximum Gasteiger partial charge on any atom is 0.134 e. The van der Waals surface area contributed by atoms with Gasteiger partial charge >= 0.3 is 0 Å². The molecule has 2 aromatic heterocycles. The summed E-state index contributed by atoms with van der Waals surface area (Å²) >= 11 is 0. The standard InChI is InChI=1S/C20H24N2O/c1-3-4-11-20-18(17-10-5-6-12-19(17)23-20)14-21-13-16-9-7-8-15(2)22-16/h5-10,12,21H,3-4,11,13-14H2,1-2H3. The number of aromatic nitrogens is 1. The first-order chi connectivity index (χ1) is 11.3. The first-order valence-corrected chi connectivity index (χ1v) is 8.40. The molecule has 3 nitrogen and oxygen atoms in total. The molecule has 3 aromatic rings. The van der Waals surface area contributed by atoms with E-state index in [1.807, 2.05) is 19.1 Å². The normalized spacial score (nSPS) is 11.2. The number of hydrogen-bond acceptors (Lipinski definition) is 3.